The van der Waals surface area contributed by atoms with Gasteiger partial charge in [-0.1, -0.05) is 34.1 Å². The van der Waals surface area contributed by atoms with Gasteiger partial charge in [-0.05, 0) is 37.0 Å². The van der Waals surface area contributed by atoms with Crippen molar-refractivity contribution in [3.8, 4) is 0 Å². The van der Waals surface area contributed by atoms with Crippen LogP contribution in [-0.4, -0.2) is 40.8 Å². The quantitative estimate of drug-likeness (QED) is 0.864. The summed E-state index contributed by atoms with van der Waals surface area (Å²) in [6.07, 6.45) is 3.19. The molecule has 3 aliphatic rings. The summed E-state index contributed by atoms with van der Waals surface area (Å²) in [5.41, 5.74) is -0.0289. The lowest BCUT2D eigenvalue weighted by Gasteiger charge is -2.49. The van der Waals surface area contributed by atoms with Crippen LogP contribution < -0.4 is 0 Å². The number of nitrogens with zero attached hydrogens (tertiary/aromatic N) is 1. The molecule has 1 heterocycles. The molecule has 0 radical (unpaired) electrons. The third kappa shape index (κ3) is 2.15. The summed E-state index contributed by atoms with van der Waals surface area (Å²) in [6.45, 7) is 8.62. The first-order chi connectivity index (χ1) is 10.8. The van der Waals surface area contributed by atoms with E-state index in [0.29, 0.717) is 18.9 Å². The van der Waals surface area contributed by atoms with Gasteiger partial charge in [-0.2, -0.15) is 0 Å². The van der Waals surface area contributed by atoms with Gasteiger partial charge in [-0.15, -0.1) is 0 Å². The second kappa shape index (κ2) is 5.47. The Kier molecular flexibility index (Phi) is 3.98. The van der Waals surface area contributed by atoms with Crippen molar-refractivity contribution in [1.82, 2.24) is 4.90 Å². The second-order valence-electron chi connectivity index (χ2n) is 8.27. The SMILES string of the molecule is CCC[C@@H](O)[C@H](C)C(=O)N1C(=O)OC[C@]23CC[C@H](C[C@@H]12)C3(C)C. The Morgan fingerprint density at radius 3 is 2.78 bits per heavy atom. The molecule has 1 spiro atoms. The van der Waals surface area contributed by atoms with Gasteiger partial charge in [-0.3, -0.25) is 4.79 Å². The molecule has 3 rings (SSSR count). The highest BCUT2D eigenvalue weighted by Gasteiger charge is 2.69. The number of fused-ring (bicyclic) bond motifs is 1. The van der Waals surface area contributed by atoms with Crippen molar-refractivity contribution in [1.29, 1.82) is 0 Å². The normalized spacial score (nSPS) is 37.3. The number of aliphatic hydroxyl groups is 1. The number of carbonyl (C=O) groups excluding carboxylic acids is 2. The van der Waals surface area contributed by atoms with Crippen LogP contribution >= 0.6 is 0 Å². The van der Waals surface area contributed by atoms with Crippen LogP contribution in [0.25, 0.3) is 0 Å². The van der Waals surface area contributed by atoms with Gasteiger partial charge in [0.25, 0.3) is 0 Å². The molecule has 5 nitrogen and oxygen atoms in total. The van der Waals surface area contributed by atoms with Gasteiger partial charge in [0.05, 0.1) is 18.1 Å². The van der Waals surface area contributed by atoms with Crippen LogP contribution in [0.3, 0.4) is 0 Å². The molecule has 0 aromatic carbocycles. The maximum Gasteiger partial charge on any atom is 0.416 e. The number of hydrogen-bond donors (Lipinski definition) is 1. The Labute approximate surface area is 138 Å². The predicted octanol–water partition coefficient (Wildman–Crippen LogP) is 2.96. The fourth-order valence-electron chi connectivity index (χ4n) is 5.29. The number of cyclic esters (lactones) is 1. The first kappa shape index (κ1) is 16.7. The summed E-state index contributed by atoms with van der Waals surface area (Å²) in [7, 11) is 0. The smallest absolute Gasteiger partial charge is 0.416 e. The predicted molar refractivity (Wildman–Crippen MR) is 85.6 cm³/mol. The zero-order valence-electron chi connectivity index (χ0n) is 14.7. The summed E-state index contributed by atoms with van der Waals surface area (Å²) < 4.78 is 5.46. The van der Waals surface area contributed by atoms with Gasteiger partial charge < -0.3 is 9.84 Å². The minimum atomic E-state index is -0.704. The molecular weight excluding hydrogens is 294 g/mol. The Hall–Kier alpha value is -1.10. The number of rotatable bonds is 4. The lowest BCUT2D eigenvalue weighted by molar-refractivity contribution is -0.149. The summed E-state index contributed by atoms with van der Waals surface area (Å²) in [5.74, 6) is -0.309. The maximum absolute atomic E-state index is 12.9. The molecule has 0 aromatic heterocycles. The van der Waals surface area contributed by atoms with E-state index in [9.17, 15) is 14.7 Å². The minimum Gasteiger partial charge on any atom is -0.448 e. The lowest BCUT2D eigenvalue weighted by atomic mass is 9.67. The summed E-state index contributed by atoms with van der Waals surface area (Å²) >= 11 is 0. The molecule has 2 saturated carbocycles. The fourth-order valence-corrected chi connectivity index (χ4v) is 5.29. The molecule has 23 heavy (non-hydrogen) atoms. The number of imide groups is 1. The maximum atomic E-state index is 12.9. The molecular formula is C18H29NO4. The first-order valence-corrected chi connectivity index (χ1v) is 8.94. The van der Waals surface area contributed by atoms with Crippen molar-refractivity contribution < 1.29 is 19.4 Å². The van der Waals surface area contributed by atoms with E-state index in [1.54, 1.807) is 6.92 Å². The summed E-state index contributed by atoms with van der Waals surface area (Å²) in [4.78, 5) is 26.6. The Morgan fingerprint density at radius 1 is 1.48 bits per heavy atom. The van der Waals surface area contributed by atoms with E-state index in [1.807, 2.05) is 6.92 Å². The van der Waals surface area contributed by atoms with Gasteiger partial charge in [0.2, 0.25) is 5.91 Å². The lowest BCUT2D eigenvalue weighted by Crippen LogP contribution is -2.61. The van der Waals surface area contributed by atoms with E-state index < -0.39 is 18.1 Å². The summed E-state index contributed by atoms with van der Waals surface area (Å²) in [5, 5.41) is 10.2. The average Bonchev–Trinajstić information content (AvgIpc) is 2.88. The van der Waals surface area contributed by atoms with Crippen LogP contribution in [0.4, 0.5) is 4.79 Å². The average molecular weight is 323 g/mol. The highest BCUT2D eigenvalue weighted by Crippen LogP contribution is 2.68. The molecule has 3 fully saturated rings. The van der Waals surface area contributed by atoms with Crippen LogP contribution in [0.2, 0.25) is 0 Å². The van der Waals surface area contributed by atoms with Crippen LogP contribution in [0, 0.1) is 22.7 Å². The van der Waals surface area contributed by atoms with Gasteiger partial charge in [-0.25, -0.2) is 9.69 Å². The van der Waals surface area contributed by atoms with Crippen molar-refractivity contribution in [2.45, 2.75) is 71.9 Å². The molecule has 1 aliphatic heterocycles. The molecule has 2 amide bonds. The van der Waals surface area contributed by atoms with Crippen molar-refractivity contribution in [2.24, 2.45) is 22.7 Å². The molecule has 1 saturated heterocycles. The number of hydrogen-bond acceptors (Lipinski definition) is 4. The van der Waals surface area contributed by atoms with Crippen molar-refractivity contribution in [3.05, 3.63) is 0 Å². The third-order valence-corrected chi connectivity index (χ3v) is 7.14. The van der Waals surface area contributed by atoms with E-state index >= 15 is 0 Å². The van der Waals surface area contributed by atoms with Gasteiger partial charge in [0.15, 0.2) is 0 Å². The van der Waals surface area contributed by atoms with Crippen LogP contribution in [0.5, 0.6) is 0 Å². The zero-order valence-corrected chi connectivity index (χ0v) is 14.7. The molecule has 2 aliphatic carbocycles. The van der Waals surface area contributed by atoms with E-state index in [4.69, 9.17) is 4.74 Å². The second-order valence-corrected chi connectivity index (χ2v) is 8.27. The van der Waals surface area contributed by atoms with E-state index in [0.717, 1.165) is 25.7 Å². The van der Waals surface area contributed by atoms with Crippen LogP contribution in [-0.2, 0) is 9.53 Å². The van der Waals surface area contributed by atoms with Gasteiger partial charge in [0, 0.05) is 5.41 Å². The van der Waals surface area contributed by atoms with Crippen molar-refractivity contribution in [3.63, 3.8) is 0 Å². The number of aliphatic hydroxyl groups excluding tert-OH is 1. The number of carbonyl (C=O) groups is 2. The molecule has 5 atom stereocenters. The van der Waals surface area contributed by atoms with E-state index in [1.165, 1.54) is 4.90 Å². The topological polar surface area (TPSA) is 66.8 Å². The van der Waals surface area contributed by atoms with E-state index in [-0.39, 0.29) is 22.8 Å². The Balaban J connectivity index is 1.87. The zero-order chi connectivity index (χ0) is 17.0. The van der Waals surface area contributed by atoms with Gasteiger partial charge >= 0.3 is 6.09 Å². The fraction of sp³-hybridized carbons (Fsp3) is 0.889. The highest BCUT2D eigenvalue weighted by molar-refractivity contribution is 5.94. The molecule has 5 heteroatoms. The van der Waals surface area contributed by atoms with E-state index in [2.05, 4.69) is 13.8 Å². The largest absolute Gasteiger partial charge is 0.448 e. The Morgan fingerprint density at radius 2 is 2.17 bits per heavy atom. The molecule has 1 N–H and O–H groups in total. The Bertz CT molecular complexity index is 517. The molecule has 2 bridgehead atoms. The van der Waals surface area contributed by atoms with Crippen LogP contribution in [0.15, 0.2) is 0 Å². The molecule has 130 valence electrons. The molecule has 0 unspecified atom stereocenters. The molecule has 0 aromatic rings. The first-order valence-electron chi connectivity index (χ1n) is 8.94. The van der Waals surface area contributed by atoms with Crippen molar-refractivity contribution in [2.75, 3.05) is 6.61 Å². The standard InChI is InChI=1S/C18H29NO4/c1-5-6-13(20)11(2)15(21)19-14-9-12-7-8-18(14,17(12,3)4)10-23-16(19)22/h11-14,20H,5-10H2,1-4H3/t11-,12+,13+,14+,18+/m0/s1. The summed E-state index contributed by atoms with van der Waals surface area (Å²) in [6, 6.07) is -0.0683. The number of amides is 2. The highest BCUT2D eigenvalue weighted by atomic mass is 16.6. The van der Waals surface area contributed by atoms with Crippen LogP contribution in [0.1, 0.15) is 59.8 Å². The minimum absolute atomic E-state index is 0.0683. The number of ether oxygens (including phenoxy) is 1. The van der Waals surface area contributed by atoms with Gasteiger partial charge in [0.1, 0.15) is 6.61 Å². The monoisotopic (exact) mass is 323 g/mol. The third-order valence-electron chi connectivity index (χ3n) is 7.14. The van der Waals surface area contributed by atoms with Crippen molar-refractivity contribution >= 4 is 12.0 Å².